The highest BCUT2D eigenvalue weighted by Crippen LogP contribution is 2.32. The molecular weight excluding hydrogens is 346 g/mol. The number of halogens is 1. The van der Waals surface area contributed by atoms with E-state index in [1.54, 1.807) is 6.26 Å². The van der Waals surface area contributed by atoms with Crippen molar-refractivity contribution in [3.63, 3.8) is 0 Å². The molecule has 0 aliphatic carbocycles. The van der Waals surface area contributed by atoms with Gasteiger partial charge in [0, 0.05) is 16.3 Å². The van der Waals surface area contributed by atoms with E-state index >= 15 is 0 Å². The number of furan rings is 1. The number of thiophene rings is 1. The summed E-state index contributed by atoms with van der Waals surface area (Å²) in [4.78, 5) is 0. The van der Waals surface area contributed by atoms with E-state index in [-0.39, 0.29) is 6.04 Å². The molecule has 3 aromatic rings. The summed E-state index contributed by atoms with van der Waals surface area (Å²) in [6, 6.07) is 10.9. The first-order valence-electron chi connectivity index (χ1n) is 7.21. The van der Waals surface area contributed by atoms with Gasteiger partial charge >= 0.3 is 0 Å². The molecule has 0 fully saturated rings. The maximum absolute atomic E-state index is 5.41. The zero-order chi connectivity index (χ0) is 14.7. The van der Waals surface area contributed by atoms with Crippen LogP contribution in [0.15, 0.2) is 51.1 Å². The highest BCUT2D eigenvalue weighted by molar-refractivity contribution is 9.10. The van der Waals surface area contributed by atoms with E-state index in [0.29, 0.717) is 0 Å². The summed E-state index contributed by atoms with van der Waals surface area (Å²) < 4.78 is 7.60. The van der Waals surface area contributed by atoms with Crippen molar-refractivity contribution in [2.75, 3.05) is 6.54 Å². The van der Waals surface area contributed by atoms with Crippen LogP contribution < -0.4 is 5.32 Å². The lowest BCUT2D eigenvalue weighted by atomic mass is 10.0. The molecule has 2 aromatic heterocycles. The summed E-state index contributed by atoms with van der Waals surface area (Å²) in [6.07, 6.45) is 3.84. The summed E-state index contributed by atoms with van der Waals surface area (Å²) in [7, 11) is 0. The average molecular weight is 364 g/mol. The fourth-order valence-electron chi connectivity index (χ4n) is 2.58. The van der Waals surface area contributed by atoms with Gasteiger partial charge in [-0.25, -0.2) is 0 Å². The molecule has 110 valence electrons. The minimum absolute atomic E-state index is 0.274. The van der Waals surface area contributed by atoms with Crippen molar-refractivity contribution in [2.45, 2.75) is 25.8 Å². The van der Waals surface area contributed by atoms with Gasteiger partial charge in [-0.1, -0.05) is 25.1 Å². The lowest BCUT2D eigenvalue weighted by molar-refractivity contribution is 0.499. The van der Waals surface area contributed by atoms with Crippen LogP contribution in [0.25, 0.3) is 10.1 Å². The first-order chi connectivity index (χ1) is 10.3. The van der Waals surface area contributed by atoms with Gasteiger partial charge in [-0.3, -0.25) is 0 Å². The van der Waals surface area contributed by atoms with E-state index in [1.165, 1.54) is 21.2 Å². The Morgan fingerprint density at radius 2 is 2.14 bits per heavy atom. The average Bonchev–Trinajstić information content (AvgIpc) is 3.10. The van der Waals surface area contributed by atoms with Crippen molar-refractivity contribution in [2.24, 2.45) is 0 Å². The number of benzene rings is 1. The normalized spacial score (nSPS) is 12.9. The molecule has 2 nitrogen and oxygen atoms in total. The number of hydrogen-bond donors (Lipinski definition) is 1. The van der Waals surface area contributed by atoms with E-state index in [4.69, 9.17) is 4.42 Å². The number of hydrogen-bond acceptors (Lipinski definition) is 3. The summed E-state index contributed by atoms with van der Waals surface area (Å²) >= 11 is 5.33. The quantitative estimate of drug-likeness (QED) is 0.621. The summed E-state index contributed by atoms with van der Waals surface area (Å²) in [5.74, 6) is 0. The Hall–Kier alpha value is -1.10. The van der Waals surface area contributed by atoms with Crippen LogP contribution in [0, 0.1) is 0 Å². The van der Waals surface area contributed by atoms with Crippen LogP contribution >= 0.6 is 27.3 Å². The molecule has 1 N–H and O–H groups in total. The molecule has 1 unspecified atom stereocenters. The van der Waals surface area contributed by atoms with Gasteiger partial charge in [-0.15, -0.1) is 11.3 Å². The Labute approximate surface area is 137 Å². The van der Waals surface area contributed by atoms with Gasteiger partial charge in [-0.2, -0.15) is 0 Å². The Kier molecular flexibility index (Phi) is 4.78. The molecule has 0 spiro atoms. The third-order valence-corrected chi connectivity index (χ3v) is 5.30. The van der Waals surface area contributed by atoms with Crippen molar-refractivity contribution < 1.29 is 4.42 Å². The van der Waals surface area contributed by atoms with Crippen LogP contribution in [0.3, 0.4) is 0 Å². The number of fused-ring (bicyclic) bond motifs is 1. The van der Waals surface area contributed by atoms with Crippen molar-refractivity contribution in [3.8, 4) is 0 Å². The second-order valence-corrected chi connectivity index (χ2v) is 6.75. The summed E-state index contributed by atoms with van der Waals surface area (Å²) in [5.41, 5.74) is 2.59. The Bertz CT molecular complexity index is 718. The van der Waals surface area contributed by atoms with E-state index in [9.17, 15) is 0 Å². The van der Waals surface area contributed by atoms with Crippen molar-refractivity contribution >= 4 is 37.4 Å². The fourth-order valence-corrected chi connectivity index (χ4v) is 4.07. The predicted octanol–water partition coefficient (Wildman–Crippen LogP) is 5.54. The molecule has 0 amide bonds. The van der Waals surface area contributed by atoms with Gasteiger partial charge in [0.25, 0.3) is 0 Å². The lowest BCUT2D eigenvalue weighted by Gasteiger charge is -2.17. The molecule has 0 aliphatic heterocycles. The molecule has 0 saturated heterocycles. The van der Waals surface area contributed by atoms with Crippen molar-refractivity contribution in [1.29, 1.82) is 0 Å². The molecule has 0 radical (unpaired) electrons. The van der Waals surface area contributed by atoms with Crippen LogP contribution in [0.4, 0.5) is 0 Å². The largest absolute Gasteiger partial charge is 0.457 e. The van der Waals surface area contributed by atoms with Gasteiger partial charge in [0.2, 0.25) is 0 Å². The molecule has 3 rings (SSSR count). The first-order valence-corrected chi connectivity index (χ1v) is 8.88. The van der Waals surface area contributed by atoms with Gasteiger partial charge in [0.05, 0.1) is 6.26 Å². The SMILES string of the molecule is CCCNC(Cc1csc2ccccc12)c1ccoc1Br. The highest BCUT2D eigenvalue weighted by Gasteiger charge is 2.18. The van der Waals surface area contributed by atoms with Crippen LogP contribution in [0.1, 0.15) is 30.5 Å². The predicted molar refractivity (Wildman–Crippen MR) is 93.0 cm³/mol. The second kappa shape index (κ2) is 6.77. The van der Waals surface area contributed by atoms with Crippen LogP contribution in [0.5, 0.6) is 0 Å². The molecule has 21 heavy (non-hydrogen) atoms. The minimum Gasteiger partial charge on any atom is -0.457 e. The summed E-state index contributed by atoms with van der Waals surface area (Å²) in [6.45, 7) is 3.19. The summed E-state index contributed by atoms with van der Waals surface area (Å²) in [5, 5.41) is 7.27. The number of nitrogens with one attached hydrogen (secondary N) is 1. The molecule has 4 heteroatoms. The standard InChI is InChI=1S/C17H18BrNOS/c1-2-8-19-15(14-7-9-20-17(14)18)10-12-11-21-16-6-4-3-5-13(12)16/h3-7,9,11,15,19H,2,8,10H2,1H3. The molecule has 0 bridgehead atoms. The van der Waals surface area contributed by atoms with E-state index < -0.39 is 0 Å². The first kappa shape index (κ1) is 14.8. The molecule has 2 heterocycles. The maximum atomic E-state index is 5.41. The van der Waals surface area contributed by atoms with E-state index in [0.717, 1.165) is 24.1 Å². The van der Waals surface area contributed by atoms with Crippen LogP contribution in [-0.2, 0) is 6.42 Å². The Balaban J connectivity index is 1.89. The zero-order valence-corrected chi connectivity index (χ0v) is 14.3. The van der Waals surface area contributed by atoms with Gasteiger partial charge in [0.1, 0.15) is 0 Å². The third kappa shape index (κ3) is 3.23. The topological polar surface area (TPSA) is 25.2 Å². The van der Waals surface area contributed by atoms with Gasteiger partial charge < -0.3 is 9.73 Å². The van der Waals surface area contributed by atoms with Gasteiger partial charge in [-0.05, 0) is 63.8 Å². The van der Waals surface area contributed by atoms with E-state index in [1.807, 2.05) is 17.4 Å². The van der Waals surface area contributed by atoms with Gasteiger partial charge in [0.15, 0.2) is 4.67 Å². The van der Waals surface area contributed by atoms with Crippen molar-refractivity contribution in [3.05, 3.63) is 57.8 Å². The molecule has 0 saturated carbocycles. The van der Waals surface area contributed by atoms with Crippen LogP contribution in [0.2, 0.25) is 0 Å². The lowest BCUT2D eigenvalue weighted by Crippen LogP contribution is -2.23. The van der Waals surface area contributed by atoms with Crippen LogP contribution in [-0.4, -0.2) is 6.54 Å². The third-order valence-electron chi connectivity index (χ3n) is 3.65. The Morgan fingerprint density at radius 3 is 2.90 bits per heavy atom. The molecule has 1 atom stereocenters. The highest BCUT2D eigenvalue weighted by atomic mass is 79.9. The molecule has 0 aliphatic rings. The number of rotatable bonds is 6. The molecular formula is C17H18BrNOS. The maximum Gasteiger partial charge on any atom is 0.173 e. The minimum atomic E-state index is 0.274. The molecule has 1 aromatic carbocycles. The fraction of sp³-hybridized carbons (Fsp3) is 0.294. The monoisotopic (exact) mass is 363 g/mol. The zero-order valence-electron chi connectivity index (χ0n) is 11.9. The van der Waals surface area contributed by atoms with Crippen molar-refractivity contribution in [1.82, 2.24) is 5.32 Å². The smallest absolute Gasteiger partial charge is 0.173 e. The Morgan fingerprint density at radius 1 is 1.29 bits per heavy atom. The second-order valence-electron chi connectivity index (χ2n) is 5.12. The van der Waals surface area contributed by atoms with E-state index in [2.05, 4.69) is 57.8 Å².